The molecule has 0 saturated heterocycles. The van der Waals surface area contributed by atoms with Crippen LogP contribution in [0.3, 0.4) is 0 Å². The first kappa shape index (κ1) is 9.45. The van der Waals surface area contributed by atoms with Crippen LogP contribution < -0.4 is 5.32 Å². The van der Waals surface area contributed by atoms with Crippen LogP contribution in [0.15, 0.2) is 24.7 Å². The molecule has 5 heteroatoms. The predicted octanol–water partition coefficient (Wildman–Crippen LogP) is 1.56. The van der Waals surface area contributed by atoms with Gasteiger partial charge in [-0.15, -0.1) is 0 Å². The van der Waals surface area contributed by atoms with E-state index in [1.807, 2.05) is 36.4 Å². The number of anilines is 1. The SMILES string of the molecule is Cn1nccc1CNc1nccn1C1CC1. The van der Waals surface area contributed by atoms with E-state index in [0.29, 0.717) is 6.04 Å². The Morgan fingerprint density at radius 2 is 2.31 bits per heavy atom. The summed E-state index contributed by atoms with van der Waals surface area (Å²) in [6, 6.07) is 2.67. The lowest BCUT2D eigenvalue weighted by Crippen LogP contribution is -2.09. The molecule has 0 aromatic carbocycles. The summed E-state index contributed by atoms with van der Waals surface area (Å²) in [5, 5.41) is 7.48. The molecule has 84 valence electrons. The Morgan fingerprint density at radius 1 is 1.44 bits per heavy atom. The van der Waals surface area contributed by atoms with Gasteiger partial charge in [0.1, 0.15) is 0 Å². The summed E-state index contributed by atoms with van der Waals surface area (Å²) in [6.45, 7) is 0.764. The van der Waals surface area contributed by atoms with E-state index in [2.05, 4.69) is 20.0 Å². The number of aromatic nitrogens is 4. The normalized spacial score (nSPS) is 15.3. The van der Waals surface area contributed by atoms with Crippen molar-refractivity contribution in [3.63, 3.8) is 0 Å². The van der Waals surface area contributed by atoms with Crippen molar-refractivity contribution in [2.24, 2.45) is 7.05 Å². The van der Waals surface area contributed by atoms with E-state index >= 15 is 0 Å². The molecule has 1 saturated carbocycles. The van der Waals surface area contributed by atoms with Crippen LogP contribution in [0.2, 0.25) is 0 Å². The summed E-state index contributed by atoms with van der Waals surface area (Å²) in [6.07, 6.45) is 8.25. The summed E-state index contributed by atoms with van der Waals surface area (Å²) in [5.41, 5.74) is 1.16. The van der Waals surface area contributed by atoms with Crippen molar-refractivity contribution in [2.75, 3.05) is 5.32 Å². The highest BCUT2D eigenvalue weighted by Crippen LogP contribution is 2.36. The van der Waals surface area contributed by atoms with Gasteiger partial charge in [0.15, 0.2) is 0 Å². The Kier molecular flexibility index (Phi) is 2.16. The van der Waals surface area contributed by atoms with Gasteiger partial charge in [-0.25, -0.2) is 4.98 Å². The highest BCUT2D eigenvalue weighted by atomic mass is 15.3. The summed E-state index contributed by atoms with van der Waals surface area (Å²) in [7, 11) is 1.95. The minimum absolute atomic E-state index is 0.663. The Morgan fingerprint density at radius 3 is 3.00 bits per heavy atom. The highest BCUT2D eigenvalue weighted by Gasteiger charge is 2.25. The van der Waals surface area contributed by atoms with Crippen LogP contribution in [0.4, 0.5) is 5.95 Å². The van der Waals surface area contributed by atoms with Crippen LogP contribution in [0, 0.1) is 0 Å². The predicted molar refractivity (Wildman–Crippen MR) is 61.0 cm³/mol. The first-order chi connectivity index (χ1) is 7.84. The molecule has 5 nitrogen and oxygen atoms in total. The van der Waals surface area contributed by atoms with E-state index < -0.39 is 0 Å². The molecule has 2 aromatic rings. The lowest BCUT2D eigenvalue weighted by molar-refractivity contribution is 0.708. The average Bonchev–Trinajstić information content (AvgIpc) is 2.88. The van der Waals surface area contributed by atoms with Crippen LogP contribution in [0.1, 0.15) is 24.6 Å². The number of nitrogens with zero attached hydrogens (tertiary/aromatic N) is 4. The third-order valence-electron chi connectivity index (χ3n) is 2.96. The number of hydrogen-bond donors (Lipinski definition) is 1. The molecule has 2 aromatic heterocycles. The minimum atomic E-state index is 0.663. The summed E-state index contributed by atoms with van der Waals surface area (Å²) in [4.78, 5) is 4.33. The van der Waals surface area contributed by atoms with Gasteiger partial charge in [0.2, 0.25) is 5.95 Å². The maximum Gasteiger partial charge on any atom is 0.203 e. The molecule has 1 aliphatic rings. The fourth-order valence-corrected chi connectivity index (χ4v) is 1.84. The molecule has 1 aliphatic carbocycles. The Hall–Kier alpha value is -1.78. The standard InChI is InChI=1S/C11H15N5/c1-15-10(4-5-14-15)8-13-11-12-6-7-16(11)9-2-3-9/h4-7,9H,2-3,8H2,1H3,(H,12,13). The number of aryl methyl sites for hydroxylation is 1. The average molecular weight is 217 g/mol. The zero-order chi connectivity index (χ0) is 11.0. The molecule has 1 N–H and O–H groups in total. The zero-order valence-corrected chi connectivity index (χ0v) is 9.30. The summed E-state index contributed by atoms with van der Waals surface area (Å²) >= 11 is 0. The van der Waals surface area contributed by atoms with Crippen molar-refractivity contribution in [1.82, 2.24) is 19.3 Å². The second-order valence-corrected chi connectivity index (χ2v) is 4.19. The topological polar surface area (TPSA) is 47.7 Å². The number of imidazole rings is 1. The molecule has 16 heavy (non-hydrogen) atoms. The summed E-state index contributed by atoms with van der Waals surface area (Å²) < 4.78 is 4.09. The largest absolute Gasteiger partial charge is 0.350 e. The van der Waals surface area contributed by atoms with E-state index in [9.17, 15) is 0 Å². The van der Waals surface area contributed by atoms with Crippen molar-refractivity contribution < 1.29 is 0 Å². The van der Waals surface area contributed by atoms with Crippen LogP contribution in [0.25, 0.3) is 0 Å². The van der Waals surface area contributed by atoms with E-state index in [1.54, 1.807) is 0 Å². The first-order valence-corrected chi connectivity index (χ1v) is 5.58. The molecule has 0 bridgehead atoms. The molecule has 0 unspecified atom stereocenters. The van der Waals surface area contributed by atoms with Gasteiger partial charge >= 0.3 is 0 Å². The molecule has 0 spiro atoms. The van der Waals surface area contributed by atoms with Gasteiger partial charge in [-0.2, -0.15) is 5.10 Å². The lowest BCUT2D eigenvalue weighted by atomic mass is 10.4. The fourth-order valence-electron chi connectivity index (χ4n) is 1.84. The molecule has 0 amide bonds. The Labute approximate surface area is 94.1 Å². The van der Waals surface area contributed by atoms with Gasteiger partial charge in [0.05, 0.1) is 12.2 Å². The smallest absolute Gasteiger partial charge is 0.203 e. The van der Waals surface area contributed by atoms with E-state index in [-0.39, 0.29) is 0 Å². The first-order valence-electron chi connectivity index (χ1n) is 5.58. The van der Waals surface area contributed by atoms with Crippen LogP contribution in [-0.2, 0) is 13.6 Å². The van der Waals surface area contributed by atoms with Gasteiger partial charge in [-0.05, 0) is 18.9 Å². The molecule has 0 radical (unpaired) electrons. The quantitative estimate of drug-likeness (QED) is 0.845. The third-order valence-corrected chi connectivity index (χ3v) is 2.96. The van der Waals surface area contributed by atoms with E-state index in [4.69, 9.17) is 0 Å². The molecule has 2 heterocycles. The molecule has 0 atom stereocenters. The van der Waals surface area contributed by atoms with Gasteiger partial charge in [0, 0.05) is 31.7 Å². The van der Waals surface area contributed by atoms with E-state index in [1.165, 1.54) is 12.8 Å². The monoisotopic (exact) mass is 217 g/mol. The van der Waals surface area contributed by atoms with Crippen LogP contribution >= 0.6 is 0 Å². The van der Waals surface area contributed by atoms with Gasteiger partial charge in [-0.1, -0.05) is 0 Å². The molecular weight excluding hydrogens is 202 g/mol. The van der Waals surface area contributed by atoms with Crippen molar-refractivity contribution in [3.05, 3.63) is 30.4 Å². The van der Waals surface area contributed by atoms with Crippen molar-refractivity contribution in [3.8, 4) is 0 Å². The van der Waals surface area contributed by atoms with Crippen LogP contribution in [-0.4, -0.2) is 19.3 Å². The molecular formula is C11H15N5. The highest BCUT2D eigenvalue weighted by molar-refractivity contribution is 5.28. The summed E-state index contributed by atoms with van der Waals surface area (Å²) in [5.74, 6) is 0.962. The minimum Gasteiger partial charge on any atom is -0.350 e. The number of rotatable bonds is 4. The van der Waals surface area contributed by atoms with Gasteiger partial charge < -0.3 is 9.88 Å². The Balaban J connectivity index is 1.70. The molecule has 3 rings (SSSR count). The molecule has 1 fully saturated rings. The van der Waals surface area contributed by atoms with E-state index in [0.717, 1.165) is 18.2 Å². The second kappa shape index (κ2) is 3.66. The van der Waals surface area contributed by atoms with Crippen molar-refractivity contribution in [1.29, 1.82) is 0 Å². The van der Waals surface area contributed by atoms with Crippen LogP contribution in [0.5, 0.6) is 0 Å². The van der Waals surface area contributed by atoms with Gasteiger partial charge in [-0.3, -0.25) is 4.68 Å². The fraction of sp³-hybridized carbons (Fsp3) is 0.455. The maximum atomic E-state index is 4.33. The maximum absolute atomic E-state index is 4.33. The van der Waals surface area contributed by atoms with Crippen molar-refractivity contribution >= 4 is 5.95 Å². The number of hydrogen-bond acceptors (Lipinski definition) is 3. The number of nitrogens with one attached hydrogen (secondary N) is 1. The molecule has 0 aliphatic heterocycles. The Bertz CT molecular complexity index is 480. The second-order valence-electron chi connectivity index (χ2n) is 4.19. The lowest BCUT2D eigenvalue weighted by Gasteiger charge is -2.08. The van der Waals surface area contributed by atoms with Gasteiger partial charge in [0.25, 0.3) is 0 Å². The van der Waals surface area contributed by atoms with Crippen molar-refractivity contribution in [2.45, 2.75) is 25.4 Å². The zero-order valence-electron chi connectivity index (χ0n) is 9.30. The third kappa shape index (κ3) is 1.68.